The highest BCUT2D eigenvalue weighted by atomic mass is 19.1. The summed E-state index contributed by atoms with van der Waals surface area (Å²) in [4.78, 5) is 0. The second-order valence-electron chi connectivity index (χ2n) is 5.94. The van der Waals surface area contributed by atoms with Gasteiger partial charge in [0.2, 0.25) is 0 Å². The summed E-state index contributed by atoms with van der Waals surface area (Å²) < 4.78 is 13.0. The molecule has 2 unspecified atom stereocenters. The Balaban J connectivity index is 2.57. The van der Waals surface area contributed by atoms with E-state index in [0.29, 0.717) is 12.5 Å². The second-order valence-corrected chi connectivity index (χ2v) is 5.94. The van der Waals surface area contributed by atoms with Gasteiger partial charge in [-0.1, -0.05) is 45.7 Å². The summed E-state index contributed by atoms with van der Waals surface area (Å²) in [5, 5.41) is 13.4. The highest BCUT2D eigenvalue weighted by molar-refractivity contribution is 5.19. The van der Waals surface area contributed by atoms with Crippen LogP contribution in [-0.4, -0.2) is 17.8 Å². The highest BCUT2D eigenvalue weighted by Gasteiger charge is 2.13. The Morgan fingerprint density at radius 2 is 1.85 bits per heavy atom. The lowest BCUT2D eigenvalue weighted by molar-refractivity contribution is 0.141. The van der Waals surface area contributed by atoms with E-state index in [2.05, 4.69) is 26.1 Å². The molecule has 0 radical (unpaired) electrons. The fourth-order valence-corrected chi connectivity index (χ4v) is 2.40. The molecule has 0 amide bonds. The third kappa shape index (κ3) is 6.49. The largest absolute Gasteiger partial charge is 0.392 e. The van der Waals surface area contributed by atoms with Crippen LogP contribution in [0.3, 0.4) is 0 Å². The zero-order valence-corrected chi connectivity index (χ0v) is 12.9. The molecular weight excluding hydrogens is 253 g/mol. The van der Waals surface area contributed by atoms with E-state index in [1.807, 2.05) is 12.1 Å². The van der Waals surface area contributed by atoms with Crippen molar-refractivity contribution in [2.75, 3.05) is 6.54 Å². The number of aliphatic hydroxyl groups is 1. The van der Waals surface area contributed by atoms with Gasteiger partial charge in [0.15, 0.2) is 0 Å². The van der Waals surface area contributed by atoms with Crippen LogP contribution in [0.1, 0.15) is 58.1 Å². The van der Waals surface area contributed by atoms with Crippen LogP contribution in [-0.2, 0) is 0 Å². The van der Waals surface area contributed by atoms with E-state index in [0.717, 1.165) is 31.2 Å². The molecule has 0 aliphatic heterocycles. The van der Waals surface area contributed by atoms with Crippen LogP contribution in [0.5, 0.6) is 0 Å². The first-order valence-corrected chi connectivity index (χ1v) is 7.69. The zero-order valence-electron chi connectivity index (χ0n) is 12.9. The van der Waals surface area contributed by atoms with Crippen molar-refractivity contribution in [2.45, 2.75) is 58.6 Å². The maximum Gasteiger partial charge on any atom is 0.123 e. The van der Waals surface area contributed by atoms with Crippen LogP contribution in [0, 0.1) is 11.7 Å². The highest BCUT2D eigenvalue weighted by Crippen LogP contribution is 2.20. The Kier molecular flexibility index (Phi) is 7.78. The number of unbranched alkanes of at least 4 members (excludes halogenated alkanes) is 1. The SMILES string of the molecule is CCCCC(NCC(O)CC(C)C)c1ccc(F)cc1. The van der Waals surface area contributed by atoms with Gasteiger partial charge in [0.25, 0.3) is 0 Å². The number of aliphatic hydroxyl groups excluding tert-OH is 1. The summed E-state index contributed by atoms with van der Waals surface area (Å²) in [5.41, 5.74) is 1.09. The maximum absolute atomic E-state index is 13.0. The van der Waals surface area contributed by atoms with Crippen LogP contribution in [0.25, 0.3) is 0 Å². The third-order valence-electron chi connectivity index (χ3n) is 3.46. The average molecular weight is 281 g/mol. The first-order valence-electron chi connectivity index (χ1n) is 7.69. The van der Waals surface area contributed by atoms with Crippen LogP contribution < -0.4 is 5.32 Å². The molecule has 0 aliphatic rings. The standard InChI is InChI=1S/C17H28FNO/c1-4-5-6-17(14-7-9-15(18)10-8-14)19-12-16(20)11-13(2)3/h7-10,13,16-17,19-20H,4-6,11-12H2,1-3H3. The van der Waals surface area contributed by atoms with Crippen molar-refractivity contribution in [3.05, 3.63) is 35.6 Å². The minimum atomic E-state index is -0.320. The first kappa shape index (κ1) is 17.1. The molecule has 2 nitrogen and oxygen atoms in total. The zero-order chi connectivity index (χ0) is 15.0. The van der Waals surface area contributed by atoms with E-state index in [4.69, 9.17) is 0 Å². The van der Waals surface area contributed by atoms with Crippen molar-refractivity contribution in [3.63, 3.8) is 0 Å². The lowest BCUT2D eigenvalue weighted by atomic mass is 10.00. The summed E-state index contributed by atoms with van der Waals surface area (Å²) >= 11 is 0. The molecule has 3 heteroatoms. The summed E-state index contributed by atoms with van der Waals surface area (Å²) in [6, 6.07) is 6.85. The Hall–Kier alpha value is -0.930. The van der Waals surface area contributed by atoms with Crippen LogP contribution in [0.2, 0.25) is 0 Å². The first-order chi connectivity index (χ1) is 9.52. The van der Waals surface area contributed by atoms with Crippen molar-refractivity contribution in [2.24, 2.45) is 5.92 Å². The third-order valence-corrected chi connectivity index (χ3v) is 3.46. The molecule has 114 valence electrons. The summed E-state index contributed by atoms with van der Waals surface area (Å²) in [7, 11) is 0. The molecule has 0 heterocycles. The molecule has 0 saturated heterocycles. The monoisotopic (exact) mass is 281 g/mol. The number of hydrogen-bond donors (Lipinski definition) is 2. The van der Waals surface area contributed by atoms with Crippen molar-refractivity contribution in [1.82, 2.24) is 5.32 Å². The predicted octanol–water partition coefficient (Wildman–Crippen LogP) is 4.05. The number of nitrogens with one attached hydrogen (secondary N) is 1. The predicted molar refractivity (Wildman–Crippen MR) is 82.1 cm³/mol. The Morgan fingerprint density at radius 1 is 1.20 bits per heavy atom. The molecule has 0 aromatic heterocycles. The number of rotatable bonds is 9. The van der Waals surface area contributed by atoms with Gasteiger partial charge in [-0.15, -0.1) is 0 Å². The van der Waals surface area contributed by atoms with Crippen LogP contribution >= 0.6 is 0 Å². The van der Waals surface area contributed by atoms with Gasteiger partial charge >= 0.3 is 0 Å². The Morgan fingerprint density at radius 3 is 2.40 bits per heavy atom. The lowest BCUT2D eigenvalue weighted by Gasteiger charge is -2.22. The van der Waals surface area contributed by atoms with E-state index in [-0.39, 0.29) is 18.0 Å². The van der Waals surface area contributed by atoms with Gasteiger partial charge in [0.1, 0.15) is 5.82 Å². The minimum Gasteiger partial charge on any atom is -0.392 e. The topological polar surface area (TPSA) is 32.3 Å². The van der Waals surface area contributed by atoms with Crippen LogP contribution in [0.4, 0.5) is 4.39 Å². The van der Waals surface area contributed by atoms with Gasteiger partial charge < -0.3 is 10.4 Å². The van der Waals surface area contributed by atoms with E-state index in [9.17, 15) is 9.50 Å². The van der Waals surface area contributed by atoms with Crippen molar-refractivity contribution in [3.8, 4) is 0 Å². The molecule has 1 rings (SSSR count). The summed E-state index contributed by atoms with van der Waals surface area (Å²) in [6.07, 6.45) is 3.75. The molecule has 1 aromatic rings. The van der Waals surface area contributed by atoms with Gasteiger partial charge in [-0.2, -0.15) is 0 Å². The number of benzene rings is 1. The molecular formula is C17H28FNO. The molecule has 1 aromatic carbocycles. The van der Waals surface area contributed by atoms with Gasteiger partial charge in [0.05, 0.1) is 6.10 Å². The Labute approximate surface area is 122 Å². The van der Waals surface area contributed by atoms with Crippen LogP contribution in [0.15, 0.2) is 24.3 Å². The van der Waals surface area contributed by atoms with E-state index < -0.39 is 0 Å². The molecule has 0 bridgehead atoms. The fourth-order valence-electron chi connectivity index (χ4n) is 2.40. The lowest BCUT2D eigenvalue weighted by Crippen LogP contribution is -2.31. The molecule has 0 saturated carbocycles. The minimum absolute atomic E-state index is 0.192. The smallest absolute Gasteiger partial charge is 0.123 e. The fraction of sp³-hybridized carbons (Fsp3) is 0.647. The normalized spacial score (nSPS) is 14.5. The van der Waals surface area contributed by atoms with Gasteiger partial charge in [0, 0.05) is 12.6 Å². The van der Waals surface area contributed by atoms with E-state index >= 15 is 0 Å². The molecule has 0 spiro atoms. The van der Waals surface area contributed by atoms with E-state index in [1.165, 1.54) is 12.1 Å². The number of halogens is 1. The summed E-state index contributed by atoms with van der Waals surface area (Å²) in [6.45, 7) is 6.97. The maximum atomic E-state index is 13.0. The average Bonchev–Trinajstić information content (AvgIpc) is 2.39. The molecule has 20 heavy (non-hydrogen) atoms. The van der Waals surface area contributed by atoms with Crippen molar-refractivity contribution >= 4 is 0 Å². The number of hydrogen-bond acceptors (Lipinski definition) is 2. The van der Waals surface area contributed by atoms with E-state index in [1.54, 1.807) is 0 Å². The quantitative estimate of drug-likeness (QED) is 0.715. The Bertz CT molecular complexity index is 364. The van der Waals surface area contributed by atoms with Gasteiger partial charge in [-0.25, -0.2) is 4.39 Å². The molecule has 2 N–H and O–H groups in total. The van der Waals surface area contributed by atoms with Gasteiger partial charge in [-0.05, 0) is 36.5 Å². The second kappa shape index (κ2) is 9.09. The molecule has 2 atom stereocenters. The molecule has 0 aliphatic carbocycles. The van der Waals surface area contributed by atoms with Crippen molar-refractivity contribution < 1.29 is 9.50 Å². The van der Waals surface area contributed by atoms with Crippen molar-refractivity contribution in [1.29, 1.82) is 0 Å². The molecule has 0 fully saturated rings. The van der Waals surface area contributed by atoms with Gasteiger partial charge in [-0.3, -0.25) is 0 Å². The summed E-state index contributed by atoms with van der Waals surface area (Å²) in [5.74, 6) is 0.287.